The average Bonchev–Trinajstić information content (AvgIpc) is 2.71. The molecule has 0 saturated heterocycles. The van der Waals surface area contributed by atoms with Crippen molar-refractivity contribution in [2.75, 3.05) is 26.2 Å². The smallest absolute Gasteiger partial charge is 0.128 e. The Morgan fingerprint density at radius 3 is 2.79 bits per heavy atom. The molecule has 3 nitrogen and oxygen atoms in total. The molecule has 0 unspecified atom stereocenters. The van der Waals surface area contributed by atoms with Gasteiger partial charge in [0.1, 0.15) is 11.7 Å². The van der Waals surface area contributed by atoms with Crippen molar-refractivity contribution in [3.05, 3.63) is 35.1 Å². The summed E-state index contributed by atoms with van der Waals surface area (Å²) in [6, 6.07) is 4.75. The zero-order valence-electron chi connectivity index (χ0n) is 11.7. The van der Waals surface area contributed by atoms with Gasteiger partial charge in [0.15, 0.2) is 0 Å². The van der Waals surface area contributed by atoms with Crippen molar-refractivity contribution in [2.45, 2.75) is 26.8 Å². The zero-order chi connectivity index (χ0) is 13.8. The summed E-state index contributed by atoms with van der Waals surface area (Å²) >= 11 is 0. The molecule has 0 aliphatic carbocycles. The summed E-state index contributed by atoms with van der Waals surface area (Å²) in [4.78, 5) is 4.42. The summed E-state index contributed by atoms with van der Waals surface area (Å²) in [5.74, 6) is 0.202. The van der Waals surface area contributed by atoms with Gasteiger partial charge in [-0.2, -0.15) is 0 Å². The Kier molecular flexibility index (Phi) is 4.53. The molecule has 0 spiro atoms. The molecule has 1 aromatic rings. The molecular weight excluding hydrogens is 241 g/mol. The Morgan fingerprint density at radius 2 is 2.11 bits per heavy atom. The standard InChI is InChI=1S/C15H22FN3/c1-3-7-18(4-2)8-9-19-11-12-5-6-13(16)10-14(12)15(19)17/h5-6,10,17H,3-4,7-9,11H2,1-2H3. The van der Waals surface area contributed by atoms with E-state index in [-0.39, 0.29) is 5.82 Å². The molecule has 2 rings (SSSR count). The number of hydrogen-bond acceptors (Lipinski definition) is 2. The number of rotatable bonds is 6. The van der Waals surface area contributed by atoms with Crippen molar-refractivity contribution in [3.8, 4) is 0 Å². The topological polar surface area (TPSA) is 30.3 Å². The molecule has 0 atom stereocenters. The third-order valence-electron chi connectivity index (χ3n) is 3.68. The Bertz CT molecular complexity index is 459. The summed E-state index contributed by atoms with van der Waals surface area (Å²) in [5.41, 5.74) is 1.81. The highest BCUT2D eigenvalue weighted by molar-refractivity contribution is 6.00. The van der Waals surface area contributed by atoms with Gasteiger partial charge >= 0.3 is 0 Å². The van der Waals surface area contributed by atoms with Gasteiger partial charge in [-0.05, 0) is 37.2 Å². The van der Waals surface area contributed by atoms with Crippen molar-refractivity contribution in [1.29, 1.82) is 5.41 Å². The third kappa shape index (κ3) is 3.13. The van der Waals surface area contributed by atoms with Crippen LogP contribution in [-0.2, 0) is 6.54 Å². The largest absolute Gasteiger partial charge is 0.351 e. The number of hydrogen-bond donors (Lipinski definition) is 1. The van der Waals surface area contributed by atoms with Crippen LogP contribution < -0.4 is 0 Å². The van der Waals surface area contributed by atoms with Gasteiger partial charge in [-0.25, -0.2) is 4.39 Å². The molecule has 19 heavy (non-hydrogen) atoms. The lowest BCUT2D eigenvalue weighted by Crippen LogP contribution is -2.35. The molecule has 0 fully saturated rings. The molecule has 0 bridgehead atoms. The van der Waals surface area contributed by atoms with Crippen LogP contribution in [0.4, 0.5) is 4.39 Å². The first kappa shape index (κ1) is 14.0. The van der Waals surface area contributed by atoms with Crippen LogP contribution in [0.25, 0.3) is 0 Å². The second kappa shape index (κ2) is 6.15. The van der Waals surface area contributed by atoms with Gasteiger partial charge in [0, 0.05) is 25.2 Å². The van der Waals surface area contributed by atoms with Gasteiger partial charge in [0.25, 0.3) is 0 Å². The molecule has 0 aromatic heterocycles. The zero-order valence-corrected chi connectivity index (χ0v) is 11.7. The fourth-order valence-electron chi connectivity index (χ4n) is 2.56. The van der Waals surface area contributed by atoms with Crippen LogP contribution >= 0.6 is 0 Å². The van der Waals surface area contributed by atoms with Crippen molar-refractivity contribution >= 4 is 5.84 Å². The first-order valence-corrected chi connectivity index (χ1v) is 7.00. The van der Waals surface area contributed by atoms with E-state index in [9.17, 15) is 4.39 Å². The van der Waals surface area contributed by atoms with Gasteiger partial charge in [-0.15, -0.1) is 0 Å². The van der Waals surface area contributed by atoms with Crippen molar-refractivity contribution in [2.24, 2.45) is 0 Å². The first-order valence-electron chi connectivity index (χ1n) is 7.00. The maximum atomic E-state index is 13.2. The molecule has 1 N–H and O–H groups in total. The predicted octanol–water partition coefficient (Wildman–Crippen LogP) is 2.70. The maximum Gasteiger partial charge on any atom is 0.128 e. The van der Waals surface area contributed by atoms with Crippen molar-refractivity contribution in [3.63, 3.8) is 0 Å². The molecule has 0 saturated carbocycles. The van der Waals surface area contributed by atoms with Crippen LogP contribution in [0.15, 0.2) is 18.2 Å². The van der Waals surface area contributed by atoms with E-state index in [1.807, 2.05) is 4.90 Å². The minimum atomic E-state index is -0.258. The van der Waals surface area contributed by atoms with Gasteiger partial charge in [0.2, 0.25) is 0 Å². The molecule has 104 valence electrons. The third-order valence-corrected chi connectivity index (χ3v) is 3.68. The minimum Gasteiger partial charge on any atom is -0.351 e. The lowest BCUT2D eigenvalue weighted by atomic mass is 10.1. The fourth-order valence-corrected chi connectivity index (χ4v) is 2.56. The minimum absolute atomic E-state index is 0.258. The first-order chi connectivity index (χ1) is 9.15. The van der Waals surface area contributed by atoms with Gasteiger partial charge in [-0.3, -0.25) is 5.41 Å². The van der Waals surface area contributed by atoms with E-state index < -0.39 is 0 Å². The summed E-state index contributed by atoms with van der Waals surface area (Å²) in [6.07, 6.45) is 1.15. The van der Waals surface area contributed by atoms with Crippen LogP contribution in [0.2, 0.25) is 0 Å². The Labute approximate surface area is 114 Å². The molecule has 4 heteroatoms. The van der Waals surface area contributed by atoms with Crippen LogP contribution in [0.5, 0.6) is 0 Å². The monoisotopic (exact) mass is 263 g/mol. The quantitative estimate of drug-likeness (QED) is 0.855. The second-order valence-corrected chi connectivity index (χ2v) is 5.01. The fraction of sp³-hybridized carbons (Fsp3) is 0.533. The predicted molar refractivity (Wildman–Crippen MR) is 76.0 cm³/mol. The number of fused-ring (bicyclic) bond motifs is 1. The van der Waals surface area contributed by atoms with E-state index in [2.05, 4.69) is 18.7 Å². The van der Waals surface area contributed by atoms with Crippen molar-refractivity contribution in [1.82, 2.24) is 9.80 Å². The molecule has 0 radical (unpaired) electrons. The number of amidine groups is 1. The Balaban J connectivity index is 1.96. The second-order valence-electron chi connectivity index (χ2n) is 5.01. The van der Waals surface area contributed by atoms with E-state index in [0.29, 0.717) is 5.84 Å². The Hall–Kier alpha value is -1.42. The summed E-state index contributed by atoms with van der Waals surface area (Å²) in [5, 5.41) is 8.13. The highest BCUT2D eigenvalue weighted by atomic mass is 19.1. The summed E-state index contributed by atoms with van der Waals surface area (Å²) < 4.78 is 13.2. The van der Waals surface area contributed by atoms with E-state index in [0.717, 1.165) is 50.3 Å². The number of nitrogens with zero attached hydrogens (tertiary/aromatic N) is 2. The van der Waals surface area contributed by atoms with E-state index in [1.54, 1.807) is 6.07 Å². The molecular formula is C15H22FN3. The number of nitrogens with one attached hydrogen (secondary N) is 1. The van der Waals surface area contributed by atoms with Crippen LogP contribution in [-0.4, -0.2) is 41.8 Å². The molecule has 1 aliphatic heterocycles. The van der Waals surface area contributed by atoms with Crippen LogP contribution in [0.3, 0.4) is 0 Å². The maximum absolute atomic E-state index is 13.2. The number of likely N-dealkylation sites (N-methyl/N-ethyl adjacent to an activating group) is 1. The van der Waals surface area contributed by atoms with Gasteiger partial charge in [0.05, 0.1) is 0 Å². The summed E-state index contributed by atoms with van der Waals surface area (Å²) in [6.45, 7) is 9.01. The number of benzene rings is 1. The molecule has 1 aliphatic rings. The lowest BCUT2D eigenvalue weighted by molar-refractivity contribution is 0.257. The molecule has 0 amide bonds. The van der Waals surface area contributed by atoms with Gasteiger partial charge < -0.3 is 9.80 Å². The Morgan fingerprint density at radius 1 is 1.32 bits per heavy atom. The van der Waals surface area contributed by atoms with E-state index in [4.69, 9.17) is 5.41 Å². The highest BCUT2D eigenvalue weighted by Crippen LogP contribution is 2.23. The van der Waals surface area contributed by atoms with E-state index >= 15 is 0 Å². The van der Waals surface area contributed by atoms with Gasteiger partial charge in [-0.1, -0.05) is 19.9 Å². The van der Waals surface area contributed by atoms with Crippen LogP contribution in [0, 0.1) is 11.2 Å². The SMILES string of the molecule is CCCN(CC)CCN1Cc2ccc(F)cc2C1=N. The average molecular weight is 263 g/mol. The molecule has 1 aromatic carbocycles. The highest BCUT2D eigenvalue weighted by Gasteiger charge is 2.24. The molecule has 1 heterocycles. The van der Waals surface area contributed by atoms with Crippen molar-refractivity contribution < 1.29 is 4.39 Å². The van der Waals surface area contributed by atoms with E-state index in [1.165, 1.54) is 12.1 Å². The summed E-state index contributed by atoms with van der Waals surface area (Å²) in [7, 11) is 0. The number of halogens is 1. The van der Waals surface area contributed by atoms with Crippen LogP contribution in [0.1, 0.15) is 31.4 Å². The lowest BCUT2D eigenvalue weighted by Gasteiger charge is -2.24. The normalized spacial score (nSPS) is 14.3.